The van der Waals surface area contributed by atoms with Gasteiger partial charge in [-0.15, -0.1) is 0 Å². The van der Waals surface area contributed by atoms with Crippen LogP contribution in [-0.2, 0) is 6.42 Å². The molecule has 0 radical (unpaired) electrons. The van der Waals surface area contributed by atoms with Crippen LogP contribution < -0.4 is 5.32 Å². The van der Waals surface area contributed by atoms with Crippen molar-refractivity contribution in [3.8, 4) is 0 Å². The summed E-state index contributed by atoms with van der Waals surface area (Å²) in [5, 5.41) is 3.60. The Bertz CT molecular complexity index is 439. The Morgan fingerprint density at radius 3 is 2.65 bits per heavy atom. The van der Waals surface area contributed by atoms with Gasteiger partial charge in [0.1, 0.15) is 0 Å². The number of nitrogens with zero attached hydrogens (tertiary/aromatic N) is 1. The Labute approximate surface area is 123 Å². The average molecular weight is 272 g/mol. The first-order valence-electron chi connectivity index (χ1n) is 8.25. The summed E-state index contributed by atoms with van der Waals surface area (Å²) in [7, 11) is 4.46. The molecule has 0 amide bonds. The maximum absolute atomic E-state index is 3.60. The topological polar surface area (TPSA) is 15.3 Å². The second-order valence-electron chi connectivity index (χ2n) is 6.66. The molecule has 0 bridgehead atoms. The molecule has 0 saturated heterocycles. The van der Waals surface area contributed by atoms with Gasteiger partial charge in [0.05, 0.1) is 0 Å². The summed E-state index contributed by atoms with van der Waals surface area (Å²) in [6.45, 7) is 1.28. The molecule has 1 aromatic carbocycles. The van der Waals surface area contributed by atoms with Crippen LogP contribution in [0.1, 0.15) is 49.3 Å². The zero-order chi connectivity index (χ0) is 13.9. The summed E-state index contributed by atoms with van der Waals surface area (Å²) in [4.78, 5) is 2.63. The molecule has 20 heavy (non-hydrogen) atoms. The summed E-state index contributed by atoms with van der Waals surface area (Å²) in [6.07, 6.45) is 8.19. The third kappa shape index (κ3) is 2.77. The predicted molar refractivity (Wildman–Crippen MR) is 84.9 cm³/mol. The lowest BCUT2D eigenvalue weighted by molar-refractivity contribution is 0.132. The highest BCUT2D eigenvalue weighted by atomic mass is 15.2. The Kier molecular flexibility index (Phi) is 4.42. The number of nitrogens with one attached hydrogen (secondary N) is 1. The van der Waals surface area contributed by atoms with Crippen molar-refractivity contribution in [1.29, 1.82) is 0 Å². The van der Waals surface area contributed by atoms with E-state index in [-0.39, 0.29) is 0 Å². The van der Waals surface area contributed by atoms with Crippen molar-refractivity contribution in [3.63, 3.8) is 0 Å². The highest BCUT2D eigenvalue weighted by Crippen LogP contribution is 2.33. The van der Waals surface area contributed by atoms with E-state index in [0.29, 0.717) is 12.1 Å². The highest BCUT2D eigenvalue weighted by molar-refractivity contribution is 5.32. The molecule has 1 aromatic rings. The van der Waals surface area contributed by atoms with Gasteiger partial charge in [-0.2, -0.15) is 0 Å². The van der Waals surface area contributed by atoms with Crippen molar-refractivity contribution in [2.75, 3.05) is 20.6 Å². The van der Waals surface area contributed by atoms with Gasteiger partial charge >= 0.3 is 0 Å². The summed E-state index contributed by atoms with van der Waals surface area (Å²) in [6, 6.07) is 10.1. The van der Waals surface area contributed by atoms with E-state index in [2.05, 4.69) is 48.6 Å². The number of hydrogen-bond donors (Lipinski definition) is 1. The molecule has 110 valence electrons. The Hall–Kier alpha value is -0.860. The molecule has 2 aliphatic carbocycles. The third-order valence-corrected chi connectivity index (χ3v) is 5.37. The second kappa shape index (κ2) is 6.28. The van der Waals surface area contributed by atoms with Crippen LogP contribution in [0, 0.1) is 5.92 Å². The molecule has 1 saturated carbocycles. The van der Waals surface area contributed by atoms with Crippen LogP contribution in [0.2, 0.25) is 0 Å². The quantitative estimate of drug-likeness (QED) is 0.845. The van der Waals surface area contributed by atoms with Crippen LogP contribution in [0.4, 0.5) is 0 Å². The molecular weight excluding hydrogens is 244 g/mol. The van der Waals surface area contributed by atoms with E-state index in [4.69, 9.17) is 0 Å². The summed E-state index contributed by atoms with van der Waals surface area (Å²) < 4.78 is 0. The Balaban J connectivity index is 1.79. The molecular formula is C18H28N2. The molecule has 1 N–H and O–H groups in total. The van der Waals surface area contributed by atoms with Crippen LogP contribution in [-0.4, -0.2) is 31.6 Å². The number of rotatable bonds is 4. The number of aryl methyl sites for hydroxylation is 1. The van der Waals surface area contributed by atoms with Crippen LogP contribution >= 0.6 is 0 Å². The first-order chi connectivity index (χ1) is 9.79. The Morgan fingerprint density at radius 1 is 1.15 bits per heavy atom. The summed E-state index contributed by atoms with van der Waals surface area (Å²) >= 11 is 0. The fourth-order valence-corrected chi connectivity index (χ4v) is 3.98. The van der Waals surface area contributed by atoms with Gasteiger partial charge in [0.15, 0.2) is 0 Å². The van der Waals surface area contributed by atoms with Gasteiger partial charge < -0.3 is 10.2 Å². The smallest absolute Gasteiger partial charge is 0.0478 e. The zero-order valence-electron chi connectivity index (χ0n) is 12.9. The second-order valence-corrected chi connectivity index (χ2v) is 6.66. The van der Waals surface area contributed by atoms with Crippen molar-refractivity contribution in [2.45, 2.75) is 50.6 Å². The molecule has 2 atom stereocenters. The summed E-state index contributed by atoms with van der Waals surface area (Å²) in [5.74, 6) is 0.955. The summed E-state index contributed by atoms with van der Waals surface area (Å²) in [5.41, 5.74) is 3.07. The van der Waals surface area contributed by atoms with Crippen LogP contribution in [0.25, 0.3) is 0 Å². The highest BCUT2D eigenvalue weighted by Gasteiger charge is 2.31. The fraction of sp³-hybridized carbons (Fsp3) is 0.667. The van der Waals surface area contributed by atoms with Crippen LogP contribution in [0.5, 0.6) is 0 Å². The maximum atomic E-state index is 3.60. The van der Waals surface area contributed by atoms with E-state index in [9.17, 15) is 0 Å². The van der Waals surface area contributed by atoms with Gasteiger partial charge in [-0.05, 0) is 63.2 Å². The molecule has 2 unspecified atom stereocenters. The molecule has 2 aliphatic rings. The molecule has 0 aromatic heterocycles. The minimum Gasteiger partial charge on any atom is -0.312 e. The van der Waals surface area contributed by atoms with E-state index in [1.807, 2.05) is 0 Å². The molecule has 3 rings (SSSR count). The van der Waals surface area contributed by atoms with Gasteiger partial charge in [0, 0.05) is 18.6 Å². The predicted octanol–water partition coefficient (Wildman–Crippen LogP) is 3.38. The first kappa shape index (κ1) is 14.1. The maximum Gasteiger partial charge on any atom is 0.0478 e. The minimum absolute atomic E-state index is 0.485. The fourth-order valence-electron chi connectivity index (χ4n) is 3.98. The van der Waals surface area contributed by atoms with Crippen LogP contribution in [0.3, 0.4) is 0 Å². The number of fused-ring (bicyclic) bond motifs is 1. The van der Waals surface area contributed by atoms with Crippen molar-refractivity contribution >= 4 is 0 Å². The van der Waals surface area contributed by atoms with Crippen molar-refractivity contribution in [1.82, 2.24) is 10.2 Å². The Morgan fingerprint density at radius 2 is 1.95 bits per heavy atom. The van der Waals surface area contributed by atoms with E-state index < -0.39 is 0 Å². The first-order valence-corrected chi connectivity index (χ1v) is 8.25. The van der Waals surface area contributed by atoms with Gasteiger partial charge in [-0.3, -0.25) is 0 Å². The van der Waals surface area contributed by atoms with Gasteiger partial charge in [-0.25, -0.2) is 0 Å². The van der Waals surface area contributed by atoms with Gasteiger partial charge in [-0.1, -0.05) is 30.7 Å². The molecule has 2 nitrogen and oxygen atoms in total. The van der Waals surface area contributed by atoms with E-state index in [1.165, 1.54) is 50.6 Å². The van der Waals surface area contributed by atoms with Gasteiger partial charge in [0.2, 0.25) is 0 Å². The molecule has 1 fully saturated rings. The van der Waals surface area contributed by atoms with Crippen molar-refractivity contribution < 1.29 is 0 Å². The number of hydrogen-bond acceptors (Lipinski definition) is 2. The molecule has 0 aliphatic heterocycles. The van der Waals surface area contributed by atoms with Crippen molar-refractivity contribution in [3.05, 3.63) is 35.4 Å². The average Bonchev–Trinajstić information content (AvgIpc) is 2.61. The van der Waals surface area contributed by atoms with Crippen LogP contribution in [0.15, 0.2) is 24.3 Å². The number of benzene rings is 1. The van der Waals surface area contributed by atoms with E-state index in [0.717, 1.165) is 5.92 Å². The standard InChI is InChI=1S/C18H28N2/c1-19-18-16-11-4-3-9-15(16)10-6-12-17(18)20(2)13-14-7-5-8-14/h3-4,9,11,14,17-19H,5-8,10,12-13H2,1-2H3. The van der Waals surface area contributed by atoms with E-state index in [1.54, 1.807) is 5.56 Å². The lowest BCUT2D eigenvalue weighted by Gasteiger charge is -2.38. The SMILES string of the molecule is CNC1c2ccccc2CCCC1N(C)CC1CCC1. The zero-order valence-corrected chi connectivity index (χ0v) is 12.9. The lowest BCUT2D eigenvalue weighted by Crippen LogP contribution is -2.44. The minimum atomic E-state index is 0.485. The number of likely N-dealkylation sites (N-methyl/N-ethyl adjacent to an activating group) is 2. The molecule has 0 spiro atoms. The third-order valence-electron chi connectivity index (χ3n) is 5.37. The van der Waals surface area contributed by atoms with E-state index >= 15 is 0 Å². The monoisotopic (exact) mass is 272 g/mol. The van der Waals surface area contributed by atoms with Gasteiger partial charge in [0.25, 0.3) is 0 Å². The lowest BCUT2D eigenvalue weighted by atomic mass is 9.84. The normalized spacial score (nSPS) is 26.9. The molecule has 0 heterocycles. The largest absolute Gasteiger partial charge is 0.312 e. The van der Waals surface area contributed by atoms with Crippen molar-refractivity contribution in [2.24, 2.45) is 5.92 Å². The molecule has 2 heteroatoms.